The minimum absolute atomic E-state index is 0.138. The molecule has 1 N–H and O–H groups in total. The van der Waals surface area contributed by atoms with E-state index >= 15 is 0 Å². The molecule has 10 nitrogen and oxygen atoms in total. The van der Waals surface area contributed by atoms with Crippen molar-refractivity contribution in [2.75, 3.05) is 51.1 Å². The maximum absolute atomic E-state index is 14.4. The summed E-state index contributed by atoms with van der Waals surface area (Å²) in [7, 11) is -1.19. The maximum atomic E-state index is 14.4. The van der Waals surface area contributed by atoms with Crippen LogP contribution in [-0.4, -0.2) is 85.1 Å². The van der Waals surface area contributed by atoms with Gasteiger partial charge >= 0.3 is 12.2 Å². The summed E-state index contributed by atoms with van der Waals surface area (Å²) in [6.07, 6.45) is 4.09. The lowest BCUT2D eigenvalue weighted by atomic mass is 9.70. The van der Waals surface area contributed by atoms with E-state index in [0.29, 0.717) is 48.5 Å². The van der Waals surface area contributed by atoms with Crippen molar-refractivity contribution in [3.05, 3.63) is 70.3 Å². The highest BCUT2D eigenvalue weighted by Crippen LogP contribution is 2.43. The number of nitrogens with zero attached hydrogens (tertiary/aromatic N) is 3. The molecule has 0 radical (unpaired) electrons. The van der Waals surface area contributed by atoms with Gasteiger partial charge in [0.2, 0.25) is 0 Å². The number of carbonyl (C=O) groups excluding carboxylic acids is 2. The van der Waals surface area contributed by atoms with Gasteiger partial charge in [-0.1, -0.05) is 36.7 Å². The Kier molecular flexibility index (Phi) is 11.5. The number of hydrogen-bond acceptors (Lipinski definition) is 7. The molecule has 1 saturated carbocycles. The molecule has 284 valence electrons. The van der Waals surface area contributed by atoms with Gasteiger partial charge in [0, 0.05) is 37.9 Å². The van der Waals surface area contributed by atoms with Crippen LogP contribution in [0.3, 0.4) is 0 Å². The third kappa shape index (κ3) is 8.24. The van der Waals surface area contributed by atoms with Crippen molar-refractivity contribution < 1.29 is 41.2 Å². The van der Waals surface area contributed by atoms with Crippen molar-refractivity contribution >= 4 is 39.1 Å². The molecule has 2 fully saturated rings. The van der Waals surface area contributed by atoms with E-state index in [4.69, 9.17) is 25.8 Å². The van der Waals surface area contributed by atoms with Crippen LogP contribution in [0.15, 0.2) is 52.9 Å². The lowest BCUT2D eigenvalue weighted by Gasteiger charge is -2.49. The van der Waals surface area contributed by atoms with E-state index in [0.717, 1.165) is 55.2 Å². The summed E-state index contributed by atoms with van der Waals surface area (Å²) in [6.45, 7) is 1.90. The zero-order valence-electron chi connectivity index (χ0n) is 29.6. The van der Waals surface area contributed by atoms with Gasteiger partial charge in [0.05, 0.1) is 37.2 Å². The van der Waals surface area contributed by atoms with Gasteiger partial charge in [-0.2, -0.15) is 13.2 Å². The Balaban J connectivity index is 1.40. The molecule has 15 heteroatoms. The summed E-state index contributed by atoms with van der Waals surface area (Å²) in [5, 5.41) is 0.666. The van der Waals surface area contributed by atoms with Gasteiger partial charge in [-0.25, -0.2) is 9.00 Å². The molecule has 3 aliphatic heterocycles. The minimum Gasteiger partial charge on any atom is -0.491 e. The van der Waals surface area contributed by atoms with Crippen LogP contribution in [0.2, 0.25) is 5.02 Å². The Hall–Kier alpha value is -3.33. The van der Waals surface area contributed by atoms with Gasteiger partial charge in [0.1, 0.15) is 15.7 Å². The number of benzene rings is 2. The topological polar surface area (TPSA) is 110 Å². The van der Waals surface area contributed by atoms with Gasteiger partial charge in [0.25, 0.3) is 5.91 Å². The first-order valence-corrected chi connectivity index (χ1v) is 19.8. The van der Waals surface area contributed by atoms with Crippen LogP contribution >= 0.6 is 11.6 Å². The summed E-state index contributed by atoms with van der Waals surface area (Å²) in [5.41, 5.74) is 0.564. The highest BCUT2D eigenvalue weighted by molar-refractivity contribution is 7.92. The molecular formula is C37H46ClF3N4O6S. The molecular weight excluding hydrogens is 721 g/mol. The second kappa shape index (κ2) is 15.6. The van der Waals surface area contributed by atoms with Gasteiger partial charge < -0.3 is 24.0 Å². The van der Waals surface area contributed by atoms with Crippen LogP contribution < -0.4 is 14.4 Å². The van der Waals surface area contributed by atoms with Crippen LogP contribution in [-0.2, 0) is 32.4 Å². The van der Waals surface area contributed by atoms with E-state index in [-0.39, 0.29) is 29.3 Å². The number of aryl methyl sites for hydroxylation is 1. The average Bonchev–Trinajstić information content (AvgIpc) is 3.07. The van der Waals surface area contributed by atoms with Crippen LogP contribution in [0.4, 0.5) is 23.7 Å². The molecule has 0 aromatic heterocycles. The van der Waals surface area contributed by atoms with Gasteiger partial charge in [-0.3, -0.25) is 9.52 Å². The smallest absolute Gasteiger partial charge is 0.420 e. The van der Waals surface area contributed by atoms with Crippen LogP contribution in [0.25, 0.3) is 0 Å². The van der Waals surface area contributed by atoms with E-state index < -0.39 is 46.7 Å². The number of likely N-dealkylation sites (tertiary alicyclic amines) is 1. The number of alkyl halides is 3. The number of amides is 3. The molecule has 1 aliphatic carbocycles. The van der Waals surface area contributed by atoms with E-state index in [9.17, 15) is 27.0 Å². The summed E-state index contributed by atoms with van der Waals surface area (Å²) in [5.74, 6) is -0.218. The number of allylic oxidation sites excluding steroid dienone is 1. The fourth-order valence-electron chi connectivity index (χ4n) is 7.51. The predicted octanol–water partition coefficient (Wildman–Crippen LogP) is 7.19. The number of halogens is 4. The number of nitrogens with one attached hydrogen (secondary N) is 1. The fourth-order valence-corrected chi connectivity index (χ4v) is 9.59. The summed E-state index contributed by atoms with van der Waals surface area (Å²) in [4.78, 5) is 30.2. The van der Waals surface area contributed by atoms with Crippen LogP contribution in [0.1, 0.15) is 60.5 Å². The molecule has 0 spiro atoms. The van der Waals surface area contributed by atoms with Gasteiger partial charge in [-0.05, 0) is 97.7 Å². The lowest BCUT2D eigenvalue weighted by molar-refractivity contribution is -0.303. The fraction of sp³-hybridized carbons (Fsp3) is 0.568. The number of fused-ring (bicyclic) bond motifs is 3. The molecule has 52 heavy (non-hydrogen) atoms. The van der Waals surface area contributed by atoms with Crippen LogP contribution in [0.5, 0.6) is 5.75 Å². The highest BCUT2D eigenvalue weighted by atomic mass is 35.5. The quantitative estimate of drug-likeness (QED) is 0.330. The molecule has 2 aromatic carbocycles. The standard InChI is InChI=1S/C37H46ClF3N4O6S/c1-24-7-6-9-32(49-2)30-14-11-28(30)20-44-19-27-10-13-29(38)17-25(27)8-4-5-16-51-33-15-12-26(18-31(33)44)34(46)42-52(48,21-24)43-35(47)45-22-36(23-45,50-3)37(39,40)41/h6,9-10,12-13,15,17-18,24,28,30,32H,4-5,7-8,11,14,16,19-23H2,1-3H3,(H,42,43,46,47,48)/b9-6+/t24-,28-,30+,32-,52?/m0/s1. The predicted molar refractivity (Wildman–Crippen MR) is 193 cm³/mol. The third-order valence-electron chi connectivity index (χ3n) is 10.7. The van der Waals surface area contributed by atoms with E-state index in [1.807, 2.05) is 37.3 Å². The first kappa shape index (κ1) is 38.4. The SMILES string of the molecule is CO[C@H]1/C=C/C[C@H](C)CS(=O)(NC(=O)N2CC(OC)(C(F)(F)F)C2)=NC(=O)c2ccc3c(c2)N(Cc2ccc(Cl)cc2CCCCO3)C[C@@H]2CC[C@H]21. The minimum atomic E-state index is -4.71. The number of hydrogen-bond donors (Lipinski definition) is 1. The van der Waals surface area contributed by atoms with Crippen molar-refractivity contribution in [3.63, 3.8) is 0 Å². The molecule has 1 unspecified atom stereocenters. The van der Waals surface area contributed by atoms with Crippen molar-refractivity contribution in [1.29, 1.82) is 0 Å². The third-order valence-corrected chi connectivity index (χ3v) is 12.9. The Morgan fingerprint density at radius 2 is 1.90 bits per heavy atom. The molecule has 4 aliphatic rings. The maximum Gasteiger partial charge on any atom is 0.420 e. The second-order valence-electron chi connectivity index (χ2n) is 14.4. The number of carbonyl (C=O) groups is 2. The van der Waals surface area contributed by atoms with E-state index in [2.05, 4.69) is 14.0 Å². The van der Waals surface area contributed by atoms with Crippen molar-refractivity contribution in [1.82, 2.24) is 9.62 Å². The Bertz CT molecular complexity index is 1810. The van der Waals surface area contributed by atoms with E-state index in [1.165, 1.54) is 0 Å². The summed E-state index contributed by atoms with van der Waals surface area (Å²) >= 11 is 6.43. The van der Waals surface area contributed by atoms with Crippen molar-refractivity contribution in [3.8, 4) is 5.75 Å². The van der Waals surface area contributed by atoms with Crippen molar-refractivity contribution in [2.24, 2.45) is 22.1 Å². The molecule has 3 amide bonds. The highest BCUT2D eigenvalue weighted by Gasteiger charge is 2.64. The van der Waals surface area contributed by atoms with Crippen LogP contribution in [0, 0.1) is 17.8 Å². The number of ether oxygens (including phenoxy) is 3. The molecule has 1 saturated heterocycles. The molecule has 3 heterocycles. The molecule has 2 bridgehead atoms. The zero-order chi connectivity index (χ0) is 37.3. The second-order valence-corrected chi connectivity index (χ2v) is 16.9. The average molecular weight is 767 g/mol. The number of urea groups is 1. The lowest BCUT2D eigenvalue weighted by Crippen LogP contribution is -2.72. The normalized spacial score (nSPS) is 28.7. The number of methoxy groups -OCH3 is 2. The van der Waals surface area contributed by atoms with Gasteiger partial charge in [0.15, 0.2) is 5.60 Å². The monoisotopic (exact) mass is 766 g/mol. The van der Waals surface area contributed by atoms with Crippen molar-refractivity contribution in [2.45, 2.75) is 69.9 Å². The zero-order valence-corrected chi connectivity index (χ0v) is 31.2. The summed E-state index contributed by atoms with van der Waals surface area (Å²) < 4.78 is 78.8. The largest absolute Gasteiger partial charge is 0.491 e. The first-order chi connectivity index (χ1) is 24.7. The molecule has 6 rings (SSSR count). The van der Waals surface area contributed by atoms with E-state index in [1.54, 1.807) is 25.3 Å². The van der Waals surface area contributed by atoms with Gasteiger partial charge in [-0.15, -0.1) is 4.36 Å². The Morgan fingerprint density at radius 1 is 1.12 bits per heavy atom. The molecule has 2 aromatic rings. The molecule has 5 atom stereocenters. The number of rotatable bonds is 3. The number of anilines is 1. The Morgan fingerprint density at radius 3 is 2.60 bits per heavy atom. The Labute approximate surface area is 308 Å². The summed E-state index contributed by atoms with van der Waals surface area (Å²) in [6, 6.07) is 9.89. The first-order valence-electron chi connectivity index (χ1n) is 17.7.